The summed E-state index contributed by atoms with van der Waals surface area (Å²) in [5.41, 5.74) is 0.121. The normalized spacial score (nSPS) is 10.5. The Morgan fingerprint density at radius 1 is 1.00 bits per heavy atom. The third kappa shape index (κ3) is 2.69. The van der Waals surface area contributed by atoms with E-state index in [-0.39, 0.29) is 26.7 Å². The van der Waals surface area contributed by atoms with Gasteiger partial charge >= 0.3 is 5.97 Å². The van der Waals surface area contributed by atoms with Crippen molar-refractivity contribution in [3.8, 4) is 11.1 Å². The Balaban J connectivity index is 2.72. The van der Waals surface area contributed by atoms with E-state index in [4.69, 9.17) is 28.3 Å². The van der Waals surface area contributed by atoms with Gasteiger partial charge in [0.2, 0.25) is 0 Å². The van der Waals surface area contributed by atoms with E-state index in [0.29, 0.717) is 0 Å². The highest BCUT2D eigenvalue weighted by molar-refractivity contribution is 6.34. The van der Waals surface area contributed by atoms with Crippen molar-refractivity contribution in [2.75, 3.05) is 0 Å². The minimum Gasteiger partial charge on any atom is -0.478 e. The first-order valence-corrected chi connectivity index (χ1v) is 5.83. The Labute approximate surface area is 117 Å². The second-order valence-corrected chi connectivity index (χ2v) is 4.58. The summed E-state index contributed by atoms with van der Waals surface area (Å²) in [5.74, 6) is -3.44. The lowest BCUT2D eigenvalue weighted by Crippen LogP contribution is -2.00. The van der Waals surface area contributed by atoms with Crippen molar-refractivity contribution in [2.45, 2.75) is 0 Å². The van der Waals surface area contributed by atoms with Crippen LogP contribution >= 0.6 is 23.2 Å². The summed E-state index contributed by atoms with van der Waals surface area (Å²) in [6, 6.07) is 5.71. The molecule has 0 aliphatic carbocycles. The summed E-state index contributed by atoms with van der Waals surface area (Å²) in [5, 5.41) is 9.24. The van der Waals surface area contributed by atoms with Crippen molar-refractivity contribution in [2.24, 2.45) is 0 Å². The van der Waals surface area contributed by atoms with Gasteiger partial charge in [-0.15, -0.1) is 0 Å². The number of carbonyl (C=O) groups is 1. The van der Waals surface area contributed by atoms with Gasteiger partial charge in [0, 0.05) is 10.6 Å². The van der Waals surface area contributed by atoms with Crippen LogP contribution in [0.25, 0.3) is 11.1 Å². The first-order valence-electron chi connectivity index (χ1n) is 5.08. The average molecular weight is 303 g/mol. The van der Waals surface area contributed by atoms with Crippen molar-refractivity contribution in [1.29, 1.82) is 0 Å². The summed E-state index contributed by atoms with van der Waals surface area (Å²) in [6.07, 6.45) is 0. The molecular weight excluding hydrogens is 297 g/mol. The highest BCUT2D eigenvalue weighted by Gasteiger charge is 2.17. The van der Waals surface area contributed by atoms with E-state index >= 15 is 0 Å². The van der Waals surface area contributed by atoms with Gasteiger partial charge in [0.15, 0.2) is 11.6 Å². The maximum absolute atomic E-state index is 13.2. The average Bonchev–Trinajstić information content (AvgIpc) is 2.34. The molecule has 0 unspecified atom stereocenters. The molecule has 0 atom stereocenters. The highest BCUT2D eigenvalue weighted by atomic mass is 35.5. The van der Waals surface area contributed by atoms with Crippen LogP contribution in [0.1, 0.15) is 10.4 Å². The summed E-state index contributed by atoms with van der Waals surface area (Å²) in [6.45, 7) is 0. The van der Waals surface area contributed by atoms with Gasteiger partial charge in [0.05, 0.1) is 10.6 Å². The van der Waals surface area contributed by atoms with Crippen molar-refractivity contribution < 1.29 is 18.7 Å². The molecule has 0 spiro atoms. The van der Waals surface area contributed by atoms with Gasteiger partial charge in [-0.25, -0.2) is 13.6 Å². The summed E-state index contributed by atoms with van der Waals surface area (Å²) >= 11 is 11.5. The van der Waals surface area contributed by atoms with Gasteiger partial charge in [0.1, 0.15) is 0 Å². The molecule has 0 aromatic heterocycles. The van der Waals surface area contributed by atoms with Crippen molar-refractivity contribution in [1.82, 2.24) is 0 Å². The Morgan fingerprint density at radius 2 is 1.63 bits per heavy atom. The number of carboxylic acids is 1. The molecule has 0 fully saturated rings. The van der Waals surface area contributed by atoms with E-state index in [9.17, 15) is 13.6 Å². The number of aromatic carboxylic acids is 1. The summed E-state index contributed by atoms with van der Waals surface area (Å²) in [7, 11) is 0. The van der Waals surface area contributed by atoms with Gasteiger partial charge in [-0.3, -0.25) is 0 Å². The van der Waals surface area contributed by atoms with Crippen LogP contribution in [-0.4, -0.2) is 11.1 Å². The fraction of sp³-hybridized carbons (Fsp3) is 0. The molecule has 0 aliphatic heterocycles. The minimum atomic E-state index is -1.24. The first-order chi connectivity index (χ1) is 8.90. The number of carboxylic acid groups (broad SMARTS) is 1. The van der Waals surface area contributed by atoms with Crippen LogP contribution in [0.15, 0.2) is 30.3 Å². The van der Waals surface area contributed by atoms with E-state index < -0.39 is 17.6 Å². The van der Waals surface area contributed by atoms with E-state index in [1.807, 2.05) is 0 Å². The lowest BCUT2D eigenvalue weighted by Gasteiger charge is -2.09. The molecule has 19 heavy (non-hydrogen) atoms. The first kappa shape index (κ1) is 13.8. The zero-order valence-electron chi connectivity index (χ0n) is 9.25. The molecule has 0 saturated heterocycles. The summed E-state index contributed by atoms with van der Waals surface area (Å²) < 4.78 is 26.3. The van der Waals surface area contributed by atoms with Crippen LogP contribution in [0, 0.1) is 11.6 Å². The Kier molecular flexibility index (Phi) is 3.73. The van der Waals surface area contributed by atoms with Crippen LogP contribution in [-0.2, 0) is 0 Å². The van der Waals surface area contributed by atoms with Gasteiger partial charge in [0.25, 0.3) is 0 Å². The third-order valence-electron chi connectivity index (χ3n) is 2.51. The molecule has 0 saturated carbocycles. The van der Waals surface area contributed by atoms with E-state index in [0.717, 1.165) is 12.1 Å². The van der Waals surface area contributed by atoms with Gasteiger partial charge < -0.3 is 5.11 Å². The lowest BCUT2D eigenvalue weighted by molar-refractivity contribution is 0.0697. The molecule has 0 aliphatic rings. The standard InChI is InChI=1S/C13H6Cl2F2O2/c14-6-1-2-7(9(3-6)13(18)19)8-4-11(16)12(17)5-10(8)15/h1-5H,(H,18,19). The number of halogens is 4. The molecule has 0 amide bonds. The molecule has 2 nitrogen and oxygen atoms in total. The topological polar surface area (TPSA) is 37.3 Å². The Hall–Kier alpha value is -1.65. The molecule has 0 bridgehead atoms. The molecule has 6 heteroatoms. The molecule has 1 N–H and O–H groups in total. The smallest absolute Gasteiger partial charge is 0.336 e. The SMILES string of the molecule is O=C(O)c1cc(Cl)ccc1-c1cc(F)c(F)cc1Cl. The third-order valence-corrected chi connectivity index (χ3v) is 3.06. The van der Waals surface area contributed by atoms with E-state index in [1.54, 1.807) is 0 Å². The zero-order valence-corrected chi connectivity index (χ0v) is 10.8. The van der Waals surface area contributed by atoms with Crippen LogP contribution in [0.2, 0.25) is 10.0 Å². The molecular formula is C13H6Cl2F2O2. The van der Waals surface area contributed by atoms with Crippen LogP contribution in [0.4, 0.5) is 8.78 Å². The molecule has 2 aromatic rings. The number of benzene rings is 2. The quantitative estimate of drug-likeness (QED) is 0.821. The second-order valence-electron chi connectivity index (χ2n) is 3.74. The van der Waals surface area contributed by atoms with Crippen molar-refractivity contribution in [3.05, 3.63) is 57.6 Å². The van der Waals surface area contributed by atoms with Gasteiger partial charge in [-0.1, -0.05) is 29.3 Å². The van der Waals surface area contributed by atoms with E-state index in [2.05, 4.69) is 0 Å². The van der Waals surface area contributed by atoms with Gasteiger partial charge in [-0.2, -0.15) is 0 Å². The molecule has 0 radical (unpaired) electrons. The molecule has 0 heterocycles. The molecule has 2 aromatic carbocycles. The second kappa shape index (κ2) is 5.15. The zero-order chi connectivity index (χ0) is 14.2. The van der Waals surface area contributed by atoms with Crippen LogP contribution < -0.4 is 0 Å². The Bertz CT molecular complexity index is 672. The molecule has 98 valence electrons. The van der Waals surface area contributed by atoms with Crippen LogP contribution in [0.5, 0.6) is 0 Å². The summed E-state index contributed by atoms with van der Waals surface area (Å²) in [4.78, 5) is 11.1. The van der Waals surface area contributed by atoms with Crippen molar-refractivity contribution >= 4 is 29.2 Å². The fourth-order valence-electron chi connectivity index (χ4n) is 1.66. The van der Waals surface area contributed by atoms with Crippen LogP contribution in [0.3, 0.4) is 0 Å². The van der Waals surface area contributed by atoms with Gasteiger partial charge in [-0.05, 0) is 29.8 Å². The monoisotopic (exact) mass is 302 g/mol. The highest BCUT2D eigenvalue weighted by Crippen LogP contribution is 2.33. The maximum atomic E-state index is 13.2. The fourth-order valence-corrected chi connectivity index (χ4v) is 2.08. The lowest BCUT2D eigenvalue weighted by atomic mass is 9.99. The van der Waals surface area contributed by atoms with E-state index in [1.165, 1.54) is 18.2 Å². The molecule has 2 rings (SSSR count). The Morgan fingerprint density at radius 3 is 2.26 bits per heavy atom. The predicted octanol–water partition coefficient (Wildman–Crippen LogP) is 4.64. The minimum absolute atomic E-state index is 0.0799. The number of hydrogen-bond donors (Lipinski definition) is 1. The largest absolute Gasteiger partial charge is 0.478 e. The number of rotatable bonds is 2. The maximum Gasteiger partial charge on any atom is 0.336 e. The number of hydrogen-bond acceptors (Lipinski definition) is 1. The predicted molar refractivity (Wildman–Crippen MR) is 68.8 cm³/mol. The van der Waals surface area contributed by atoms with Crippen molar-refractivity contribution in [3.63, 3.8) is 0 Å².